The van der Waals surface area contributed by atoms with E-state index >= 15 is 0 Å². The van der Waals surface area contributed by atoms with Crippen molar-refractivity contribution >= 4 is 15.9 Å². The van der Waals surface area contributed by atoms with E-state index in [-0.39, 0.29) is 11.9 Å². The Hall–Kier alpha value is -1.39. The molecule has 0 radical (unpaired) electrons. The Balaban J connectivity index is 2.21. The third-order valence-electron chi connectivity index (χ3n) is 3.24. The van der Waals surface area contributed by atoms with Gasteiger partial charge in [-0.15, -0.1) is 0 Å². The van der Waals surface area contributed by atoms with Crippen LogP contribution in [0, 0.1) is 12.7 Å². The second-order valence-corrected chi connectivity index (χ2v) is 5.73. The minimum Gasteiger partial charge on any atom is -0.496 e. The number of benzene rings is 2. The highest BCUT2D eigenvalue weighted by Gasteiger charge is 2.10. The summed E-state index contributed by atoms with van der Waals surface area (Å²) < 4.78 is 19.4. The molecule has 2 nitrogen and oxygen atoms in total. The predicted octanol–water partition coefficient (Wildman–Crippen LogP) is 4.15. The summed E-state index contributed by atoms with van der Waals surface area (Å²) in [5, 5.41) is 0. The van der Waals surface area contributed by atoms with E-state index in [4.69, 9.17) is 10.5 Å². The number of halogens is 2. The molecular formula is C16H17BrFNO. The van der Waals surface area contributed by atoms with Gasteiger partial charge < -0.3 is 10.5 Å². The van der Waals surface area contributed by atoms with Crippen molar-refractivity contribution in [2.45, 2.75) is 19.4 Å². The second kappa shape index (κ2) is 6.37. The first kappa shape index (κ1) is 15.0. The van der Waals surface area contributed by atoms with Crippen LogP contribution in [0.2, 0.25) is 0 Å². The Morgan fingerprint density at radius 1 is 1.25 bits per heavy atom. The van der Waals surface area contributed by atoms with Gasteiger partial charge in [-0.1, -0.05) is 28.1 Å². The van der Waals surface area contributed by atoms with E-state index in [1.165, 1.54) is 12.1 Å². The van der Waals surface area contributed by atoms with Crippen molar-refractivity contribution < 1.29 is 9.13 Å². The number of methoxy groups -OCH3 is 1. The van der Waals surface area contributed by atoms with Gasteiger partial charge in [0.15, 0.2) is 0 Å². The van der Waals surface area contributed by atoms with Crippen molar-refractivity contribution in [3.63, 3.8) is 0 Å². The van der Waals surface area contributed by atoms with Gasteiger partial charge in [0.25, 0.3) is 0 Å². The molecule has 2 aromatic rings. The third kappa shape index (κ3) is 3.58. The van der Waals surface area contributed by atoms with Crippen molar-refractivity contribution in [3.05, 3.63) is 63.4 Å². The zero-order valence-corrected chi connectivity index (χ0v) is 13.1. The van der Waals surface area contributed by atoms with Crippen molar-refractivity contribution in [2.75, 3.05) is 7.11 Å². The maximum atomic E-state index is 13.4. The van der Waals surface area contributed by atoms with Crippen molar-refractivity contribution in [2.24, 2.45) is 5.73 Å². The van der Waals surface area contributed by atoms with Gasteiger partial charge in [0, 0.05) is 10.5 Å². The molecule has 20 heavy (non-hydrogen) atoms. The molecule has 0 saturated carbocycles. The quantitative estimate of drug-likeness (QED) is 0.909. The Kier molecular flexibility index (Phi) is 4.78. The lowest BCUT2D eigenvalue weighted by atomic mass is 9.98. The molecular weight excluding hydrogens is 321 g/mol. The maximum Gasteiger partial charge on any atom is 0.124 e. The second-order valence-electron chi connectivity index (χ2n) is 4.82. The number of aryl methyl sites for hydroxylation is 1. The van der Waals surface area contributed by atoms with Gasteiger partial charge in [-0.25, -0.2) is 4.39 Å². The summed E-state index contributed by atoms with van der Waals surface area (Å²) >= 11 is 3.29. The molecule has 0 fully saturated rings. The number of rotatable bonds is 4. The standard InChI is InChI=1S/C16H17BrFNO/c1-10-3-4-12(8-16(10)20-2)15(19)7-11-5-13(17)9-14(18)6-11/h3-6,8-9,15H,7,19H2,1-2H3. The van der Waals surface area contributed by atoms with Crippen LogP contribution in [0.4, 0.5) is 4.39 Å². The van der Waals surface area contributed by atoms with Crippen LogP contribution in [-0.4, -0.2) is 7.11 Å². The fourth-order valence-electron chi connectivity index (χ4n) is 2.17. The Morgan fingerprint density at radius 2 is 2.00 bits per heavy atom. The fraction of sp³-hybridized carbons (Fsp3) is 0.250. The van der Waals surface area contributed by atoms with Crippen LogP contribution in [0.1, 0.15) is 22.7 Å². The van der Waals surface area contributed by atoms with Gasteiger partial charge in [-0.05, 0) is 54.3 Å². The zero-order chi connectivity index (χ0) is 14.7. The first-order chi connectivity index (χ1) is 9.49. The SMILES string of the molecule is COc1cc(C(N)Cc2cc(F)cc(Br)c2)ccc1C. The minimum atomic E-state index is -0.261. The van der Waals surface area contributed by atoms with Crippen LogP contribution in [0.5, 0.6) is 5.75 Å². The van der Waals surface area contributed by atoms with E-state index < -0.39 is 0 Å². The molecule has 106 valence electrons. The van der Waals surface area contributed by atoms with E-state index in [0.29, 0.717) is 6.42 Å². The van der Waals surface area contributed by atoms with E-state index in [1.807, 2.05) is 31.2 Å². The van der Waals surface area contributed by atoms with Gasteiger partial charge >= 0.3 is 0 Å². The molecule has 0 heterocycles. The van der Waals surface area contributed by atoms with Crippen molar-refractivity contribution in [1.82, 2.24) is 0 Å². The lowest BCUT2D eigenvalue weighted by Crippen LogP contribution is -2.13. The first-order valence-electron chi connectivity index (χ1n) is 6.34. The van der Waals surface area contributed by atoms with Crippen molar-refractivity contribution in [1.29, 1.82) is 0 Å². The molecule has 0 aliphatic heterocycles. The van der Waals surface area contributed by atoms with Crippen LogP contribution in [-0.2, 0) is 6.42 Å². The molecule has 0 aromatic heterocycles. The van der Waals surface area contributed by atoms with Crippen LogP contribution in [0.15, 0.2) is 40.9 Å². The highest BCUT2D eigenvalue weighted by Crippen LogP contribution is 2.25. The molecule has 2 aromatic carbocycles. The van der Waals surface area contributed by atoms with E-state index in [0.717, 1.165) is 26.9 Å². The molecule has 1 atom stereocenters. The number of ether oxygens (including phenoxy) is 1. The van der Waals surface area contributed by atoms with Gasteiger partial charge in [0.2, 0.25) is 0 Å². The van der Waals surface area contributed by atoms with E-state index in [1.54, 1.807) is 7.11 Å². The number of hydrogen-bond acceptors (Lipinski definition) is 2. The molecule has 0 amide bonds. The van der Waals surface area contributed by atoms with Gasteiger partial charge in [-0.3, -0.25) is 0 Å². The summed E-state index contributed by atoms with van der Waals surface area (Å²) in [6.45, 7) is 1.98. The summed E-state index contributed by atoms with van der Waals surface area (Å²) in [6.07, 6.45) is 0.572. The summed E-state index contributed by atoms with van der Waals surface area (Å²) in [5.74, 6) is 0.557. The minimum absolute atomic E-state index is 0.196. The highest BCUT2D eigenvalue weighted by atomic mass is 79.9. The lowest BCUT2D eigenvalue weighted by Gasteiger charge is -2.15. The molecule has 1 unspecified atom stereocenters. The Labute approximate surface area is 126 Å². The molecule has 0 saturated heterocycles. The average molecular weight is 338 g/mol. The lowest BCUT2D eigenvalue weighted by molar-refractivity contribution is 0.410. The van der Waals surface area contributed by atoms with Crippen LogP contribution >= 0.6 is 15.9 Å². The predicted molar refractivity (Wildman–Crippen MR) is 82.5 cm³/mol. The van der Waals surface area contributed by atoms with Gasteiger partial charge in [0.05, 0.1) is 7.11 Å². The van der Waals surface area contributed by atoms with Gasteiger partial charge in [-0.2, -0.15) is 0 Å². The summed E-state index contributed by atoms with van der Waals surface area (Å²) in [4.78, 5) is 0. The Morgan fingerprint density at radius 3 is 2.65 bits per heavy atom. The topological polar surface area (TPSA) is 35.2 Å². The first-order valence-corrected chi connectivity index (χ1v) is 7.14. The molecule has 0 aliphatic rings. The third-order valence-corrected chi connectivity index (χ3v) is 3.70. The fourth-order valence-corrected chi connectivity index (χ4v) is 2.68. The van der Waals surface area contributed by atoms with Gasteiger partial charge in [0.1, 0.15) is 11.6 Å². The van der Waals surface area contributed by atoms with E-state index in [2.05, 4.69) is 15.9 Å². The summed E-state index contributed by atoms with van der Waals surface area (Å²) in [7, 11) is 1.64. The van der Waals surface area contributed by atoms with Crippen LogP contribution in [0.3, 0.4) is 0 Å². The molecule has 0 spiro atoms. The summed E-state index contributed by atoms with van der Waals surface area (Å²) in [5.41, 5.74) is 9.12. The summed E-state index contributed by atoms with van der Waals surface area (Å²) in [6, 6.07) is 10.5. The monoisotopic (exact) mass is 337 g/mol. The number of hydrogen-bond donors (Lipinski definition) is 1. The number of nitrogens with two attached hydrogens (primary N) is 1. The van der Waals surface area contributed by atoms with Crippen LogP contribution in [0.25, 0.3) is 0 Å². The normalized spacial score (nSPS) is 12.2. The molecule has 2 N–H and O–H groups in total. The maximum absolute atomic E-state index is 13.4. The smallest absolute Gasteiger partial charge is 0.124 e. The highest BCUT2D eigenvalue weighted by molar-refractivity contribution is 9.10. The Bertz CT molecular complexity index is 595. The molecule has 2 rings (SSSR count). The molecule has 4 heteroatoms. The largest absolute Gasteiger partial charge is 0.496 e. The molecule has 0 aliphatic carbocycles. The average Bonchev–Trinajstić information content (AvgIpc) is 2.37. The van der Waals surface area contributed by atoms with E-state index in [9.17, 15) is 4.39 Å². The zero-order valence-electron chi connectivity index (χ0n) is 11.5. The van der Waals surface area contributed by atoms with Crippen molar-refractivity contribution in [3.8, 4) is 5.75 Å². The molecule has 0 bridgehead atoms. The van der Waals surface area contributed by atoms with Crippen LogP contribution < -0.4 is 10.5 Å².